The van der Waals surface area contributed by atoms with Crippen molar-refractivity contribution < 1.29 is 18.8 Å². The SMILES string of the molecule is Cc1noc(=O)c2ccc(NC(=O)C(O)(C#Cc3ccc(N(C)C)cc3)CC(C)(C)c3cc(F)ccc3Cl)cc12. The van der Waals surface area contributed by atoms with Crippen LogP contribution in [0.5, 0.6) is 0 Å². The van der Waals surface area contributed by atoms with Crippen molar-refractivity contribution in [1.82, 2.24) is 5.16 Å². The van der Waals surface area contributed by atoms with Gasteiger partial charge in [0.1, 0.15) is 5.82 Å². The maximum absolute atomic E-state index is 14.1. The zero-order valence-corrected chi connectivity index (χ0v) is 23.6. The second kappa shape index (κ2) is 11.1. The molecule has 1 aromatic heterocycles. The zero-order chi connectivity index (χ0) is 29.2. The van der Waals surface area contributed by atoms with Crippen molar-refractivity contribution in [3.63, 3.8) is 0 Å². The highest BCUT2D eigenvalue weighted by Crippen LogP contribution is 2.37. The number of amides is 1. The number of nitrogens with zero attached hydrogens (tertiary/aromatic N) is 2. The summed E-state index contributed by atoms with van der Waals surface area (Å²) in [6.07, 6.45) is -0.199. The fourth-order valence-electron chi connectivity index (χ4n) is 4.49. The second-order valence-electron chi connectivity index (χ2n) is 10.5. The first-order valence-corrected chi connectivity index (χ1v) is 12.9. The third-order valence-corrected chi connectivity index (χ3v) is 7.01. The molecule has 206 valence electrons. The molecule has 0 aliphatic rings. The molecule has 1 atom stereocenters. The largest absolute Gasteiger partial charge is 0.378 e. The molecule has 1 amide bonds. The van der Waals surface area contributed by atoms with Crippen molar-refractivity contribution >= 4 is 39.7 Å². The number of carbonyl (C=O) groups excluding carboxylic acids is 1. The summed E-state index contributed by atoms with van der Waals surface area (Å²) in [5, 5.41) is 19.4. The predicted octanol–water partition coefficient (Wildman–Crippen LogP) is 5.44. The molecule has 0 fully saturated rings. The van der Waals surface area contributed by atoms with Crippen molar-refractivity contribution in [2.24, 2.45) is 0 Å². The number of aliphatic hydroxyl groups is 1. The van der Waals surface area contributed by atoms with Crippen LogP contribution in [0.25, 0.3) is 10.8 Å². The highest BCUT2D eigenvalue weighted by Gasteiger charge is 2.41. The topological polar surface area (TPSA) is 95.7 Å². The van der Waals surface area contributed by atoms with Crippen molar-refractivity contribution in [3.05, 3.63) is 98.7 Å². The van der Waals surface area contributed by atoms with Crippen LogP contribution in [-0.4, -0.2) is 35.9 Å². The smallest absolute Gasteiger partial charge is 0.366 e. The van der Waals surface area contributed by atoms with Gasteiger partial charge in [0.2, 0.25) is 5.60 Å². The highest BCUT2D eigenvalue weighted by molar-refractivity contribution is 6.31. The summed E-state index contributed by atoms with van der Waals surface area (Å²) in [6.45, 7) is 5.18. The Hall–Kier alpha value is -4.19. The Kier molecular flexibility index (Phi) is 8.01. The maximum Gasteiger partial charge on any atom is 0.366 e. The van der Waals surface area contributed by atoms with Gasteiger partial charge in [0, 0.05) is 47.9 Å². The third-order valence-electron chi connectivity index (χ3n) is 6.68. The molecule has 9 heteroatoms. The lowest BCUT2D eigenvalue weighted by atomic mass is 9.75. The van der Waals surface area contributed by atoms with Gasteiger partial charge in [-0.05, 0) is 78.6 Å². The van der Waals surface area contributed by atoms with E-state index >= 15 is 0 Å². The molecule has 3 aromatic carbocycles. The minimum atomic E-state index is -2.21. The first-order chi connectivity index (χ1) is 18.8. The molecule has 0 saturated carbocycles. The van der Waals surface area contributed by atoms with Gasteiger partial charge in [-0.15, -0.1) is 0 Å². The van der Waals surface area contributed by atoms with Gasteiger partial charge in [-0.2, -0.15) is 0 Å². The quantitative estimate of drug-likeness (QED) is 0.304. The average Bonchev–Trinajstić information content (AvgIpc) is 2.91. The number of benzene rings is 3. The Morgan fingerprint density at radius 3 is 2.48 bits per heavy atom. The van der Waals surface area contributed by atoms with Gasteiger partial charge < -0.3 is 19.8 Å². The van der Waals surface area contributed by atoms with Crippen molar-refractivity contribution in [2.45, 2.75) is 38.2 Å². The summed E-state index contributed by atoms with van der Waals surface area (Å²) in [6, 6.07) is 15.9. The van der Waals surface area contributed by atoms with Gasteiger partial charge >= 0.3 is 5.63 Å². The molecular formula is C31H29ClFN3O4. The Morgan fingerprint density at radius 2 is 1.80 bits per heavy atom. The van der Waals surface area contributed by atoms with Crippen LogP contribution in [0.2, 0.25) is 5.02 Å². The summed E-state index contributed by atoms with van der Waals surface area (Å²) in [7, 11) is 3.83. The van der Waals surface area contributed by atoms with Crippen molar-refractivity contribution in [2.75, 3.05) is 24.3 Å². The van der Waals surface area contributed by atoms with E-state index in [1.807, 2.05) is 31.1 Å². The molecule has 0 bridgehead atoms. The standard InChI is InChI=1S/C31H29ClFN3O4/c1-19-25-17-22(9-12-24(25)28(37)40-35-19)34-29(38)31(39,15-14-20-6-10-23(11-7-20)36(4)5)18-30(2,3)26-16-21(33)8-13-27(26)32/h6-13,16-17,39H,18H2,1-5H3,(H,34,38). The number of nitrogens with one attached hydrogen (secondary N) is 1. The molecule has 1 heterocycles. The molecule has 4 rings (SSSR count). The molecular weight excluding hydrogens is 533 g/mol. The van der Waals surface area contributed by atoms with Gasteiger partial charge in [-0.25, -0.2) is 9.18 Å². The van der Waals surface area contributed by atoms with Gasteiger partial charge in [0.05, 0.1) is 11.1 Å². The van der Waals surface area contributed by atoms with E-state index in [2.05, 4.69) is 22.3 Å². The van der Waals surface area contributed by atoms with Gasteiger partial charge in [0.15, 0.2) is 0 Å². The van der Waals surface area contributed by atoms with Crippen LogP contribution in [0.15, 0.2) is 70.0 Å². The van der Waals surface area contributed by atoms with Crippen LogP contribution in [0.1, 0.15) is 37.1 Å². The summed E-state index contributed by atoms with van der Waals surface area (Å²) in [4.78, 5) is 27.6. The number of carbonyl (C=O) groups is 1. The number of aryl methyl sites for hydroxylation is 1. The zero-order valence-electron chi connectivity index (χ0n) is 22.8. The first-order valence-electron chi connectivity index (χ1n) is 12.5. The number of anilines is 2. The highest BCUT2D eigenvalue weighted by atomic mass is 35.5. The van der Waals surface area contributed by atoms with Crippen LogP contribution >= 0.6 is 11.6 Å². The Labute approximate surface area is 236 Å². The number of rotatable bonds is 6. The summed E-state index contributed by atoms with van der Waals surface area (Å²) in [5.74, 6) is 4.40. The number of fused-ring (bicyclic) bond motifs is 1. The normalized spacial score (nSPS) is 12.8. The second-order valence-corrected chi connectivity index (χ2v) is 10.9. The first kappa shape index (κ1) is 28.8. The number of aromatic nitrogens is 1. The fourth-order valence-corrected chi connectivity index (χ4v) is 4.87. The van der Waals surface area contributed by atoms with Crippen molar-refractivity contribution in [1.29, 1.82) is 0 Å². The molecule has 4 aromatic rings. The van der Waals surface area contributed by atoms with E-state index in [-0.39, 0.29) is 6.42 Å². The summed E-state index contributed by atoms with van der Waals surface area (Å²) >= 11 is 6.39. The van der Waals surface area contributed by atoms with E-state index in [0.29, 0.717) is 38.3 Å². The molecule has 0 aliphatic carbocycles. The maximum atomic E-state index is 14.1. The van der Waals surface area contributed by atoms with Gasteiger partial charge in [-0.1, -0.05) is 42.4 Å². The lowest BCUT2D eigenvalue weighted by Gasteiger charge is -2.33. The Balaban J connectivity index is 1.74. The Bertz CT molecular complexity index is 1700. The lowest BCUT2D eigenvalue weighted by molar-refractivity contribution is -0.130. The van der Waals surface area contributed by atoms with Crippen LogP contribution in [0, 0.1) is 24.6 Å². The molecule has 1 unspecified atom stereocenters. The molecule has 40 heavy (non-hydrogen) atoms. The molecule has 7 nitrogen and oxygen atoms in total. The van der Waals surface area contributed by atoms with E-state index in [0.717, 1.165) is 5.69 Å². The van der Waals surface area contributed by atoms with E-state index < -0.39 is 28.4 Å². The lowest BCUT2D eigenvalue weighted by Crippen LogP contribution is -2.46. The summed E-state index contributed by atoms with van der Waals surface area (Å²) < 4.78 is 18.9. The molecule has 0 spiro atoms. The van der Waals surface area contributed by atoms with Crippen LogP contribution in [-0.2, 0) is 10.2 Å². The molecule has 0 radical (unpaired) electrons. The van der Waals surface area contributed by atoms with E-state index in [1.165, 1.54) is 30.3 Å². The van der Waals surface area contributed by atoms with E-state index in [9.17, 15) is 19.1 Å². The van der Waals surface area contributed by atoms with Crippen LogP contribution in [0.4, 0.5) is 15.8 Å². The molecule has 0 aliphatic heterocycles. The number of halogens is 2. The molecule has 2 N–H and O–H groups in total. The monoisotopic (exact) mass is 561 g/mol. The third kappa shape index (κ3) is 6.17. The van der Waals surface area contributed by atoms with Crippen molar-refractivity contribution in [3.8, 4) is 11.8 Å². The minimum Gasteiger partial charge on any atom is -0.378 e. The van der Waals surface area contributed by atoms with Crippen LogP contribution in [0.3, 0.4) is 0 Å². The Morgan fingerprint density at radius 1 is 1.10 bits per heavy atom. The summed E-state index contributed by atoms with van der Waals surface area (Å²) in [5.41, 5.74) is -0.997. The predicted molar refractivity (Wildman–Crippen MR) is 155 cm³/mol. The van der Waals surface area contributed by atoms with E-state index in [1.54, 1.807) is 39.0 Å². The fraction of sp³-hybridized carbons (Fsp3) is 0.258. The minimum absolute atomic E-state index is 0.199. The van der Waals surface area contributed by atoms with Crippen LogP contribution < -0.4 is 15.8 Å². The van der Waals surface area contributed by atoms with Gasteiger partial charge in [-0.3, -0.25) is 4.79 Å². The van der Waals surface area contributed by atoms with E-state index in [4.69, 9.17) is 16.1 Å². The molecule has 0 saturated heterocycles. The van der Waals surface area contributed by atoms with Gasteiger partial charge in [0.25, 0.3) is 5.91 Å². The number of hydrogen-bond donors (Lipinski definition) is 2. The number of hydrogen-bond acceptors (Lipinski definition) is 6. The average molecular weight is 562 g/mol.